The summed E-state index contributed by atoms with van der Waals surface area (Å²) in [7, 11) is 0. The molecule has 0 saturated heterocycles. The Morgan fingerprint density at radius 3 is 2.06 bits per heavy atom. The summed E-state index contributed by atoms with van der Waals surface area (Å²) in [4.78, 5) is 12.9. The first-order valence-corrected chi connectivity index (χ1v) is 11.4. The van der Waals surface area contributed by atoms with Crippen LogP contribution in [0.5, 0.6) is 0 Å². The Morgan fingerprint density at radius 1 is 0.806 bits per heavy atom. The van der Waals surface area contributed by atoms with E-state index in [9.17, 15) is 4.79 Å². The molecule has 31 heavy (non-hydrogen) atoms. The fourth-order valence-electron chi connectivity index (χ4n) is 4.75. The molecule has 1 fully saturated rings. The molecule has 3 nitrogen and oxygen atoms in total. The van der Waals surface area contributed by atoms with Crippen LogP contribution in [0.25, 0.3) is 0 Å². The van der Waals surface area contributed by atoms with E-state index >= 15 is 0 Å². The summed E-state index contributed by atoms with van der Waals surface area (Å²) in [6, 6.07) is 24.7. The molecule has 2 amide bonds. The van der Waals surface area contributed by atoms with Crippen molar-refractivity contribution >= 4 is 11.7 Å². The molecule has 0 heterocycles. The van der Waals surface area contributed by atoms with E-state index in [1.807, 2.05) is 44.2 Å². The molecular weight excluding hydrogens is 380 g/mol. The average molecular weight is 413 g/mol. The Labute approximate surface area is 185 Å². The lowest BCUT2D eigenvalue weighted by Gasteiger charge is -2.24. The van der Waals surface area contributed by atoms with Crippen LogP contribution in [0, 0.1) is 13.8 Å². The Bertz CT molecular complexity index is 985. The number of rotatable bonds is 5. The van der Waals surface area contributed by atoms with Crippen LogP contribution in [0.3, 0.4) is 0 Å². The summed E-state index contributed by atoms with van der Waals surface area (Å²) >= 11 is 0. The molecule has 3 aromatic carbocycles. The van der Waals surface area contributed by atoms with Crippen molar-refractivity contribution in [3.05, 3.63) is 101 Å². The normalized spacial score (nSPS) is 15.3. The fourth-order valence-corrected chi connectivity index (χ4v) is 4.75. The smallest absolute Gasteiger partial charge is 0.319 e. The molecule has 1 atom stereocenters. The summed E-state index contributed by atoms with van der Waals surface area (Å²) in [5.74, 6) is 0.679. The van der Waals surface area contributed by atoms with E-state index in [2.05, 4.69) is 53.1 Å². The van der Waals surface area contributed by atoms with Crippen molar-refractivity contribution in [1.82, 2.24) is 5.32 Å². The van der Waals surface area contributed by atoms with Crippen LogP contribution in [-0.4, -0.2) is 6.03 Å². The molecular formula is C28H32N2O. The van der Waals surface area contributed by atoms with Crippen LogP contribution in [-0.2, 0) is 0 Å². The predicted molar refractivity (Wildman–Crippen MR) is 129 cm³/mol. The summed E-state index contributed by atoms with van der Waals surface area (Å²) in [5, 5.41) is 6.19. The molecule has 0 bridgehead atoms. The molecule has 4 rings (SSSR count). The van der Waals surface area contributed by atoms with Crippen molar-refractivity contribution < 1.29 is 4.79 Å². The predicted octanol–water partition coefficient (Wildman–Crippen LogP) is 7.26. The number of carbonyl (C=O) groups is 1. The molecule has 3 heteroatoms. The maximum atomic E-state index is 12.9. The number of hydrogen-bond donors (Lipinski definition) is 2. The minimum absolute atomic E-state index is 0.199. The van der Waals surface area contributed by atoms with Gasteiger partial charge in [-0.25, -0.2) is 4.79 Å². The SMILES string of the molecule is Cc1cc(C)cc(NC(=O)NC(c2ccccc2)c2ccc(C3CCCCC3)cc2)c1. The van der Waals surface area contributed by atoms with Gasteiger partial charge >= 0.3 is 6.03 Å². The fraction of sp³-hybridized carbons (Fsp3) is 0.321. The topological polar surface area (TPSA) is 41.1 Å². The number of anilines is 1. The number of nitrogens with one attached hydrogen (secondary N) is 2. The Hall–Kier alpha value is -3.07. The molecule has 3 aromatic rings. The number of benzene rings is 3. The second-order valence-electron chi connectivity index (χ2n) is 8.82. The van der Waals surface area contributed by atoms with Crippen molar-refractivity contribution in [2.45, 2.75) is 57.9 Å². The zero-order valence-corrected chi connectivity index (χ0v) is 18.5. The number of hydrogen-bond acceptors (Lipinski definition) is 1. The van der Waals surface area contributed by atoms with E-state index in [0.717, 1.165) is 27.9 Å². The van der Waals surface area contributed by atoms with E-state index in [1.54, 1.807) is 0 Å². The molecule has 160 valence electrons. The first-order chi connectivity index (χ1) is 15.1. The lowest BCUT2D eigenvalue weighted by Crippen LogP contribution is -2.33. The van der Waals surface area contributed by atoms with E-state index in [-0.39, 0.29) is 12.1 Å². The van der Waals surface area contributed by atoms with Crippen LogP contribution >= 0.6 is 0 Å². The molecule has 0 aliphatic heterocycles. The molecule has 1 aliphatic carbocycles. The zero-order chi connectivity index (χ0) is 21.6. The largest absolute Gasteiger partial charge is 0.327 e. The van der Waals surface area contributed by atoms with Crippen molar-refractivity contribution in [2.24, 2.45) is 0 Å². The van der Waals surface area contributed by atoms with Crippen molar-refractivity contribution in [3.8, 4) is 0 Å². The third-order valence-electron chi connectivity index (χ3n) is 6.23. The molecule has 1 aliphatic rings. The molecule has 0 spiro atoms. The summed E-state index contributed by atoms with van der Waals surface area (Å²) in [6.45, 7) is 4.08. The number of urea groups is 1. The van der Waals surface area contributed by atoms with Gasteiger partial charge in [0, 0.05) is 5.69 Å². The highest BCUT2D eigenvalue weighted by atomic mass is 16.2. The van der Waals surface area contributed by atoms with Crippen LogP contribution in [0.2, 0.25) is 0 Å². The van der Waals surface area contributed by atoms with Gasteiger partial charge in [0.2, 0.25) is 0 Å². The van der Waals surface area contributed by atoms with Gasteiger partial charge in [-0.15, -0.1) is 0 Å². The monoisotopic (exact) mass is 412 g/mol. The molecule has 0 aromatic heterocycles. The van der Waals surface area contributed by atoms with Gasteiger partial charge in [-0.1, -0.05) is 79.9 Å². The lowest BCUT2D eigenvalue weighted by atomic mass is 9.83. The van der Waals surface area contributed by atoms with E-state index in [1.165, 1.54) is 37.7 Å². The zero-order valence-electron chi connectivity index (χ0n) is 18.5. The quantitative estimate of drug-likeness (QED) is 0.455. The number of amides is 2. The molecule has 0 radical (unpaired) electrons. The first-order valence-electron chi connectivity index (χ1n) is 11.4. The highest BCUT2D eigenvalue weighted by Gasteiger charge is 2.19. The highest BCUT2D eigenvalue weighted by molar-refractivity contribution is 5.90. The van der Waals surface area contributed by atoms with Crippen LogP contribution < -0.4 is 10.6 Å². The molecule has 1 saturated carbocycles. The second-order valence-corrected chi connectivity index (χ2v) is 8.82. The highest BCUT2D eigenvalue weighted by Crippen LogP contribution is 2.33. The first kappa shape index (κ1) is 21.2. The third-order valence-corrected chi connectivity index (χ3v) is 6.23. The Morgan fingerprint density at radius 2 is 1.42 bits per heavy atom. The van der Waals surface area contributed by atoms with Gasteiger partial charge in [0.25, 0.3) is 0 Å². The third kappa shape index (κ3) is 5.55. The minimum Gasteiger partial charge on any atom is -0.327 e. The Balaban J connectivity index is 1.54. The molecule has 2 N–H and O–H groups in total. The average Bonchev–Trinajstić information content (AvgIpc) is 2.78. The van der Waals surface area contributed by atoms with Crippen LogP contribution in [0.15, 0.2) is 72.8 Å². The minimum atomic E-state index is -0.201. The number of carbonyl (C=O) groups excluding carboxylic acids is 1. The van der Waals surface area contributed by atoms with Crippen molar-refractivity contribution in [1.29, 1.82) is 0 Å². The summed E-state index contributed by atoms with van der Waals surface area (Å²) in [6.07, 6.45) is 6.61. The van der Waals surface area contributed by atoms with Gasteiger partial charge in [0.1, 0.15) is 0 Å². The standard InChI is InChI=1S/C28H32N2O/c1-20-17-21(2)19-26(18-20)29-28(31)30-27(24-11-7-4-8-12-24)25-15-13-23(14-16-25)22-9-5-3-6-10-22/h4,7-8,11-19,22,27H,3,5-6,9-10H2,1-2H3,(H2,29,30,31). The van der Waals surface area contributed by atoms with Crippen molar-refractivity contribution in [2.75, 3.05) is 5.32 Å². The van der Waals surface area contributed by atoms with E-state index in [0.29, 0.717) is 5.92 Å². The van der Waals surface area contributed by atoms with E-state index in [4.69, 9.17) is 0 Å². The maximum Gasteiger partial charge on any atom is 0.319 e. The number of aryl methyl sites for hydroxylation is 2. The van der Waals surface area contributed by atoms with Gasteiger partial charge in [0.15, 0.2) is 0 Å². The molecule has 1 unspecified atom stereocenters. The van der Waals surface area contributed by atoms with Gasteiger partial charge in [-0.05, 0) is 72.6 Å². The summed E-state index contributed by atoms with van der Waals surface area (Å²) in [5.41, 5.74) is 6.68. The van der Waals surface area contributed by atoms with Crippen LogP contribution in [0.4, 0.5) is 10.5 Å². The van der Waals surface area contributed by atoms with E-state index < -0.39 is 0 Å². The second kappa shape index (κ2) is 9.82. The maximum absolute atomic E-state index is 12.9. The van der Waals surface area contributed by atoms with Crippen LogP contribution in [0.1, 0.15) is 71.9 Å². The lowest BCUT2D eigenvalue weighted by molar-refractivity contribution is 0.250. The van der Waals surface area contributed by atoms with Gasteiger partial charge in [-0.3, -0.25) is 0 Å². The summed E-state index contributed by atoms with van der Waals surface area (Å²) < 4.78 is 0. The van der Waals surface area contributed by atoms with Gasteiger partial charge in [0.05, 0.1) is 6.04 Å². The Kier molecular flexibility index (Phi) is 6.71. The van der Waals surface area contributed by atoms with Gasteiger partial charge < -0.3 is 10.6 Å². The van der Waals surface area contributed by atoms with Gasteiger partial charge in [-0.2, -0.15) is 0 Å². The van der Waals surface area contributed by atoms with Crippen molar-refractivity contribution in [3.63, 3.8) is 0 Å².